The van der Waals surface area contributed by atoms with Gasteiger partial charge in [-0.15, -0.1) is 0 Å². The quantitative estimate of drug-likeness (QED) is 0.561. The lowest BCUT2D eigenvalue weighted by Crippen LogP contribution is -2.26. The minimum Gasteiger partial charge on any atom is -0.491 e. The molecule has 2 N–H and O–H groups in total. The molecule has 0 aliphatic heterocycles. The first kappa shape index (κ1) is 16.9. The summed E-state index contributed by atoms with van der Waals surface area (Å²) in [6, 6.07) is 14.0. The lowest BCUT2D eigenvalue weighted by molar-refractivity contribution is 0.0665. The van der Waals surface area contributed by atoms with E-state index in [2.05, 4.69) is 0 Å². The number of sulfonamides is 1. The maximum Gasteiger partial charge on any atom is 0.335 e. The van der Waals surface area contributed by atoms with Gasteiger partial charge in [0.15, 0.2) is 0 Å². The van der Waals surface area contributed by atoms with Crippen LogP contribution < -0.4 is 9.62 Å². The minimum atomic E-state index is -3.95. The number of carbonyl (C=O) groups is 1. The van der Waals surface area contributed by atoms with E-state index in [9.17, 15) is 13.2 Å². The fraction of sp³-hybridized carbons (Fsp3) is 0.133. The van der Waals surface area contributed by atoms with Crippen molar-refractivity contribution in [3.8, 4) is 5.75 Å². The standard InChI is InChI=1S/C15H15NO6S/c17-15(18)12-5-4-8-14(11-12)23(19,20)16-22-10-9-21-13-6-2-1-3-7-13/h1-8,11,16H,9-10H2,(H,17,18). The van der Waals surface area contributed by atoms with Gasteiger partial charge in [-0.3, -0.25) is 4.84 Å². The highest BCUT2D eigenvalue weighted by molar-refractivity contribution is 7.89. The van der Waals surface area contributed by atoms with Crippen LogP contribution in [0.15, 0.2) is 59.5 Å². The first-order valence-corrected chi connectivity index (χ1v) is 8.12. The monoisotopic (exact) mass is 337 g/mol. The number of carboxylic acid groups (broad SMARTS) is 1. The second-order valence-electron chi connectivity index (χ2n) is 4.43. The molecule has 23 heavy (non-hydrogen) atoms. The molecule has 0 atom stereocenters. The van der Waals surface area contributed by atoms with Gasteiger partial charge in [0, 0.05) is 0 Å². The second kappa shape index (κ2) is 7.73. The number of para-hydroxylation sites is 1. The van der Waals surface area contributed by atoms with Gasteiger partial charge in [0.1, 0.15) is 19.0 Å². The summed E-state index contributed by atoms with van der Waals surface area (Å²) in [7, 11) is -3.95. The Bertz CT molecular complexity index is 761. The fourth-order valence-corrected chi connectivity index (χ4v) is 2.56. The molecule has 0 bridgehead atoms. The van der Waals surface area contributed by atoms with Gasteiger partial charge < -0.3 is 9.84 Å². The third kappa shape index (κ3) is 5.06. The lowest BCUT2D eigenvalue weighted by Gasteiger charge is -2.09. The van der Waals surface area contributed by atoms with Gasteiger partial charge in [-0.05, 0) is 30.3 Å². The summed E-state index contributed by atoms with van der Waals surface area (Å²) in [6.07, 6.45) is 0. The van der Waals surface area contributed by atoms with Crippen molar-refractivity contribution in [2.45, 2.75) is 4.90 Å². The van der Waals surface area contributed by atoms with Crippen LogP contribution in [0.4, 0.5) is 0 Å². The van der Waals surface area contributed by atoms with E-state index < -0.39 is 16.0 Å². The summed E-state index contributed by atoms with van der Waals surface area (Å²) in [5.74, 6) is -0.563. The molecule has 0 saturated heterocycles. The van der Waals surface area contributed by atoms with Gasteiger partial charge in [-0.25, -0.2) is 13.2 Å². The maximum absolute atomic E-state index is 12.0. The van der Waals surface area contributed by atoms with Crippen molar-refractivity contribution in [3.05, 3.63) is 60.2 Å². The molecule has 0 fully saturated rings. The maximum atomic E-state index is 12.0. The Morgan fingerprint density at radius 3 is 2.48 bits per heavy atom. The third-order valence-corrected chi connectivity index (χ3v) is 3.97. The van der Waals surface area contributed by atoms with E-state index in [0.717, 1.165) is 6.07 Å². The molecule has 2 rings (SSSR count). The lowest BCUT2D eigenvalue weighted by atomic mass is 10.2. The topological polar surface area (TPSA) is 102 Å². The van der Waals surface area contributed by atoms with E-state index in [0.29, 0.717) is 5.75 Å². The van der Waals surface area contributed by atoms with Gasteiger partial charge in [0.05, 0.1) is 10.5 Å². The number of hydrogen-bond acceptors (Lipinski definition) is 5. The molecule has 0 radical (unpaired) electrons. The van der Waals surface area contributed by atoms with E-state index in [1.54, 1.807) is 12.1 Å². The Kier molecular flexibility index (Phi) is 5.69. The van der Waals surface area contributed by atoms with Gasteiger partial charge >= 0.3 is 5.97 Å². The molecule has 0 aromatic heterocycles. The second-order valence-corrected chi connectivity index (χ2v) is 6.07. The molecule has 8 heteroatoms. The molecule has 0 spiro atoms. The van der Waals surface area contributed by atoms with E-state index in [1.807, 2.05) is 23.1 Å². The van der Waals surface area contributed by atoms with Gasteiger partial charge in [0.2, 0.25) is 0 Å². The number of hydrogen-bond donors (Lipinski definition) is 2. The Morgan fingerprint density at radius 1 is 1.04 bits per heavy atom. The van der Waals surface area contributed by atoms with Crippen molar-refractivity contribution in [3.63, 3.8) is 0 Å². The normalized spacial score (nSPS) is 11.1. The average molecular weight is 337 g/mol. The molecule has 0 unspecified atom stereocenters. The smallest absolute Gasteiger partial charge is 0.335 e. The highest BCUT2D eigenvalue weighted by Gasteiger charge is 2.16. The Morgan fingerprint density at radius 2 is 1.78 bits per heavy atom. The molecule has 0 heterocycles. The molecule has 2 aromatic carbocycles. The number of nitrogens with one attached hydrogen (secondary N) is 1. The third-order valence-electron chi connectivity index (χ3n) is 2.76. The Labute approximate surface area is 133 Å². The summed E-state index contributed by atoms with van der Waals surface area (Å²) >= 11 is 0. The van der Waals surface area contributed by atoms with E-state index >= 15 is 0 Å². The zero-order valence-electron chi connectivity index (χ0n) is 12.0. The summed E-state index contributed by atoms with van der Waals surface area (Å²) in [6.45, 7) is 0.147. The van der Waals surface area contributed by atoms with Gasteiger partial charge in [-0.2, -0.15) is 0 Å². The number of carboxylic acids is 1. The molecule has 0 aliphatic carbocycles. The van der Waals surface area contributed by atoms with Crippen molar-refractivity contribution in [2.75, 3.05) is 13.2 Å². The van der Waals surface area contributed by atoms with Crippen LogP contribution in [0.5, 0.6) is 5.75 Å². The van der Waals surface area contributed by atoms with Gasteiger partial charge in [0.25, 0.3) is 10.0 Å². The largest absolute Gasteiger partial charge is 0.491 e. The molecule has 0 aliphatic rings. The summed E-state index contributed by atoms with van der Waals surface area (Å²) in [5.41, 5.74) is -0.125. The summed E-state index contributed by atoms with van der Waals surface area (Å²) < 4.78 is 29.3. The number of benzene rings is 2. The van der Waals surface area contributed by atoms with Gasteiger partial charge in [-0.1, -0.05) is 29.2 Å². The Balaban J connectivity index is 1.84. The number of rotatable bonds is 8. The van der Waals surface area contributed by atoms with Crippen molar-refractivity contribution < 1.29 is 27.9 Å². The fourth-order valence-electron chi connectivity index (χ4n) is 1.68. The van der Waals surface area contributed by atoms with Crippen LogP contribution in [0.2, 0.25) is 0 Å². The number of aromatic carboxylic acids is 1. The van der Waals surface area contributed by atoms with Crippen LogP contribution in [0, 0.1) is 0 Å². The molecule has 7 nitrogen and oxygen atoms in total. The minimum absolute atomic E-state index is 0.00720. The van der Waals surface area contributed by atoms with Crippen molar-refractivity contribution in [2.24, 2.45) is 0 Å². The molecule has 0 saturated carbocycles. The van der Waals surface area contributed by atoms with Crippen LogP contribution in [0.25, 0.3) is 0 Å². The highest BCUT2D eigenvalue weighted by Crippen LogP contribution is 2.11. The summed E-state index contributed by atoms with van der Waals surface area (Å²) in [5, 5.41) is 8.87. The van der Waals surface area contributed by atoms with E-state index in [1.165, 1.54) is 18.2 Å². The van der Waals surface area contributed by atoms with Crippen LogP contribution in [0.1, 0.15) is 10.4 Å². The molecular weight excluding hydrogens is 322 g/mol. The van der Waals surface area contributed by atoms with Crippen LogP contribution in [-0.4, -0.2) is 32.7 Å². The Hall–Kier alpha value is -2.42. The number of ether oxygens (including phenoxy) is 1. The SMILES string of the molecule is O=C(O)c1cccc(S(=O)(=O)NOCCOc2ccccc2)c1. The van der Waals surface area contributed by atoms with Crippen LogP contribution in [-0.2, 0) is 14.9 Å². The van der Waals surface area contributed by atoms with Crippen LogP contribution >= 0.6 is 0 Å². The van der Waals surface area contributed by atoms with Crippen molar-refractivity contribution in [1.29, 1.82) is 0 Å². The van der Waals surface area contributed by atoms with Crippen LogP contribution in [0.3, 0.4) is 0 Å². The molecule has 122 valence electrons. The predicted molar refractivity (Wildman–Crippen MR) is 81.6 cm³/mol. The zero-order chi connectivity index (χ0) is 16.7. The van der Waals surface area contributed by atoms with E-state index in [4.69, 9.17) is 14.7 Å². The zero-order valence-corrected chi connectivity index (χ0v) is 12.8. The first-order chi connectivity index (χ1) is 11.0. The molecular formula is C15H15NO6S. The highest BCUT2D eigenvalue weighted by atomic mass is 32.2. The van der Waals surface area contributed by atoms with Crippen molar-refractivity contribution >= 4 is 16.0 Å². The molecule has 0 amide bonds. The van der Waals surface area contributed by atoms with Crippen molar-refractivity contribution in [1.82, 2.24) is 4.89 Å². The van der Waals surface area contributed by atoms with E-state index in [-0.39, 0.29) is 23.7 Å². The summed E-state index contributed by atoms with van der Waals surface area (Å²) in [4.78, 5) is 17.4. The first-order valence-electron chi connectivity index (χ1n) is 6.64. The molecule has 2 aromatic rings. The predicted octanol–water partition coefficient (Wildman–Crippen LogP) is 1.67. The average Bonchev–Trinajstić information content (AvgIpc) is 2.55.